The number of hydrogen-bond donors (Lipinski definition) is 1. The summed E-state index contributed by atoms with van der Waals surface area (Å²) in [4.78, 5) is 12.7. The average molecular weight is 453 g/mol. The zero-order valence-corrected chi connectivity index (χ0v) is 19.1. The Labute approximate surface area is 182 Å². The third-order valence-corrected chi connectivity index (χ3v) is 8.14. The van der Waals surface area contributed by atoms with Crippen LogP contribution in [0.3, 0.4) is 0 Å². The molecule has 7 nitrogen and oxygen atoms in total. The van der Waals surface area contributed by atoms with Gasteiger partial charge in [-0.2, -0.15) is 4.31 Å². The summed E-state index contributed by atoms with van der Waals surface area (Å²) in [6, 6.07) is 8.87. The van der Waals surface area contributed by atoms with Crippen LogP contribution >= 0.6 is 11.3 Å². The molecule has 0 aliphatic carbocycles. The van der Waals surface area contributed by atoms with Crippen molar-refractivity contribution in [3.63, 3.8) is 0 Å². The van der Waals surface area contributed by atoms with E-state index in [4.69, 9.17) is 9.47 Å². The van der Waals surface area contributed by atoms with Crippen molar-refractivity contribution in [3.05, 3.63) is 41.3 Å². The first-order valence-corrected chi connectivity index (χ1v) is 12.3. The zero-order valence-electron chi connectivity index (χ0n) is 17.5. The molecule has 0 bridgehead atoms. The molecule has 1 amide bonds. The number of ether oxygens (including phenoxy) is 2. The summed E-state index contributed by atoms with van der Waals surface area (Å²) in [6.45, 7) is 4.87. The van der Waals surface area contributed by atoms with Crippen LogP contribution in [0.4, 0.5) is 0 Å². The average Bonchev–Trinajstić information content (AvgIpc) is 3.28. The smallest absolute Gasteiger partial charge is 0.252 e. The molecule has 2 heterocycles. The molecule has 9 heteroatoms. The summed E-state index contributed by atoms with van der Waals surface area (Å²) < 4.78 is 38.3. The lowest BCUT2D eigenvalue weighted by Crippen LogP contribution is -2.45. The van der Waals surface area contributed by atoms with Crippen LogP contribution in [0.25, 0.3) is 0 Å². The highest BCUT2D eigenvalue weighted by Gasteiger charge is 2.33. The summed E-state index contributed by atoms with van der Waals surface area (Å²) in [5.41, 5.74) is 0.884. The number of benzene rings is 1. The molecule has 30 heavy (non-hydrogen) atoms. The van der Waals surface area contributed by atoms with Crippen molar-refractivity contribution in [1.29, 1.82) is 0 Å². The second-order valence-corrected chi connectivity index (χ2v) is 10.6. The van der Waals surface area contributed by atoms with Gasteiger partial charge in [0, 0.05) is 19.6 Å². The Morgan fingerprint density at radius 2 is 2.10 bits per heavy atom. The van der Waals surface area contributed by atoms with E-state index in [-0.39, 0.29) is 24.5 Å². The van der Waals surface area contributed by atoms with E-state index in [1.54, 1.807) is 24.6 Å². The van der Waals surface area contributed by atoms with Crippen LogP contribution in [0.2, 0.25) is 0 Å². The lowest BCUT2D eigenvalue weighted by molar-refractivity contribution is -0.126. The van der Waals surface area contributed by atoms with Crippen molar-refractivity contribution in [2.75, 3.05) is 20.2 Å². The van der Waals surface area contributed by atoms with Crippen molar-refractivity contribution < 1.29 is 22.7 Å². The number of carbonyl (C=O) groups is 1. The van der Waals surface area contributed by atoms with Crippen molar-refractivity contribution in [1.82, 2.24) is 9.62 Å². The number of amides is 1. The van der Waals surface area contributed by atoms with Crippen LogP contribution in [-0.2, 0) is 21.4 Å². The molecule has 0 saturated carbocycles. The van der Waals surface area contributed by atoms with Crippen LogP contribution < -0.4 is 14.8 Å². The van der Waals surface area contributed by atoms with Gasteiger partial charge in [0.25, 0.3) is 10.0 Å². The maximum atomic E-state index is 12.8. The Balaban J connectivity index is 1.61. The summed E-state index contributed by atoms with van der Waals surface area (Å²) in [5.74, 6) is 0.770. The predicted molar refractivity (Wildman–Crippen MR) is 116 cm³/mol. The van der Waals surface area contributed by atoms with E-state index in [0.717, 1.165) is 5.56 Å². The third-order valence-electron chi connectivity index (χ3n) is 4.90. The molecule has 0 radical (unpaired) electrons. The number of nitrogens with zero attached hydrogens (tertiary/aromatic N) is 1. The number of sulfonamides is 1. The van der Waals surface area contributed by atoms with Gasteiger partial charge in [0.1, 0.15) is 4.21 Å². The van der Waals surface area contributed by atoms with Crippen molar-refractivity contribution >= 4 is 27.3 Å². The van der Waals surface area contributed by atoms with Gasteiger partial charge in [-0.1, -0.05) is 12.1 Å². The first-order valence-electron chi connectivity index (χ1n) is 9.96. The van der Waals surface area contributed by atoms with Gasteiger partial charge in [0.05, 0.1) is 19.1 Å². The van der Waals surface area contributed by atoms with Gasteiger partial charge in [-0.25, -0.2) is 8.42 Å². The number of hydrogen-bond acceptors (Lipinski definition) is 6. The summed E-state index contributed by atoms with van der Waals surface area (Å²) in [7, 11) is -1.96. The fraction of sp³-hybridized carbons (Fsp3) is 0.476. The maximum absolute atomic E-state index is 12.8. The van der Waals surface area contributed by atoms with Crippen molar-refractivity contribution in [2.24, 2.45) is 5.92 Å². The van der Waals surface area contributed by atoms with Crippen molar-refractivity contribution in [3.8, 4) is 11.5 Å². The molecule has 1 saturated heterocycles. The van der Waals surface area contributed by atoms with E-state index in [1.165, 1.54) is 15.6 Å². The molecule has 1 aromatic heterocycles. The second kappa shape index (κ2) is 9.80. The fourth-order valence-corrected chi connectivity index (χ4v) is 6.09. The van der Waals surface area contributed by atoms with Gasteiger partial charge >= 0.3 is 0 Å². The Morgan fingerprint density at radius 3 is 2.77 bits per heavy atom. The standard InChI is InChI=1S/C21H28N2O5S2/c1-15(2)28-18-9-8-16(12-19(18)27-3)13-22-21(24)17-6-4-10-23(14-17)30(25,26)20-7-5-11-29-20/h5,7-9,11-12,15,17H,4,6,10,13-14H2,1-3H3,(H,22,24)/t17-/m1/s1. The highest BCUT2D eigenvalue weighted by atomic mass is 32.2. The lowest BCUT2D eigenvalue weighted by atomic mass is 9.98. The minimum absolute atomic E-state index is 0.0316. The normalized spacial score (nSPS) is 17.7. The summed E-state index contributed by atoms with van der Waals surface area (Å²) >= 11 is 1.20. The predicted octanol–water partition coefficient (Wildman–Crippen LogP) is 3.26. The van der Waals surface area contributed by atoms with Crippen LogP contribution in [0.5, 0.6) is 11.5 Å². The van der Waals surface area contributed by atoms with Crippen LogP contribution in [0, 0.1) is 5.92 Å². The topological polar surface area (TPSA) is 84.9 Å². The zero-order chi connectivity index (χ0) is 21.7. The molecule has 1 fully saturated rings. The first-order chi connectivity index (χ1) is 14.3. The molecule has 3 rings (SSSR count). The van der Waals surface area contributed by atoms with Gasteiger partial charge in [0.2, 0.25) is 5.91 Å². The molecule has 1 atom stereocenters. The fourth-order valence-electron chi connectivity index (χ4n) is 3.42. The quantitative estimate of drug-likeness (QED) is 0.665. The summed E-state index contributed by atoms with van der Waals surface area (Å²) in [6.07, 6.45) is 1.37. The van der Waals surface area contributed by atoms with Crippen LogP contribution in [0.1, 0.15) is 32.3 Å². The first kappa shape index (κ1) is 22.6. The highest BCUT2D eigenvalue weighted by molar-refractivity contribution is 7.91. The lowest BCUT2D eigenvalue weighted by Gasteiger charge is -2.30. The molecular weight excluding hydrogens is 424 g/mol. The minimum Gasteiger partial charge on any atom is -0.493 e. The number of methoxy groups -OCH3 is 1. The number of rotatable bonds is 8. The Bertz CT molecular complexity index is 958. The highest BCUT2D eigenvalue weighted by Crippen LogP contribution is 2.29. The molecule has 2 aromatic rings. The molecule has 1 N–H and O–H groups in total. The third kappa shape index (κ3) is 5.33. The van der Waals surface area contributed by atoms with Crippen LogP contribution in [0.15, 0.2) is 39.9 Å². The van der Waals surface area contributed by atoms with Gasteiger partial charge in [-0.3, -0.25) is 4.79 Å². The minimum atomic E-state index is -3.53. The molecular formula is C21H28N2O5S2. The molecule has 0 unspecified atom stereocenters. The van der Waals surface area contributed by atoms with E-state index in [2.05, 4.69) is 5.32 Å². The van der Waals surface area contributed by atoms with Crippen LogP contribution in [-0.4, -0.2) is 44.9 Å². The number of carbonyl (C=O) groups excluding carboxylic acids is 1. The summed E-state index contributed by atoms with van der Waals surface area (Å²) in [5, 5.41) is 4.68. The van der Waals surface area contributed by atoms with E-state index in [9.17, 15) is 13.2 Å². The number of nitrogens with one attached hydrogen (secondary N) is 1. The van der Waals surface area contributed by atoms with Crippen molar-refractivity contribution in [2.45, 2.75) is 43.5 Å². The molecule has 1 aliphatic heterocycles. The van der Waals surface area contributed by atoms with Gasteiger partial charge in [-0.05, 0) is 55.8 Å². The maximum Gasteiger partial charge on any atom is 0.252 e. The van der Waals surface area contributed by atoms with E-state index in [0.29, 0.717) is 41.6 Å². The second-order valence-electron chi connectivity index (χ2n) is 7.50. The van der Waals surface area contributed by atoms with Gasteiger partial charge < -0.3 is 14.8 Å². The molecule has 164 valence electrons. The Hall–Kier alpha value is -2.10. The molecule has 1 aliphatic rings. The van der Waals surface area contributed by atoms with E-state index >= 15 is 0 Å². The van der Waals surface area contributed by atoms with E-state index < -0.39 is 10.0 Å². The Kier molecular flexibility index (Phi) is 7.38. The molecule has 0 spiro atoms. The van der Waals surface area contributed by atoms with Gasteiger partial charge in [0.15, 0.2) is 11.5 Å². The SMILES string of the molecule is COc1cc(CNC(=O)[C@@H]2CCCN(S(=O)(=O)c3cccs3)C2)ccc1OC(C)C. The monoisotopic (exact) mass is 452 g/mol. The van der Waals surface area contributed by atoms with Gasteiger partial charge in [-0.15, -0.1) is 11.3 Å². The van der Waals surface area contributed by atoms with E-state index in [1.807, 2.05) is 32.0 Å². The molecule has 1 aromatic carbocycles. The largest absolute Gasteiger partial charge is 0.493 e. The number of thiophene rings is 1. The number of piperidine rings is 1. The Morgan fingerprint density at radius 1 is 1.30 bits per heavy atom.